The van der Waals surface area contributed by atoms with E-state index in [0.717, 1.165) is 13.0 Å². The maximum absolute atomic E-state index is 12.3. The lowest BCUT2D eigenvalue weighted by molar-refractivity contribution is 0.00666. The zero-order chi connectivity index (χ0) is 17.6. The van der Waals surface area contributed by atoms with Gasteiger partial charge in [0.15, 0.2) is 0 Å². The van der Waals surface area contributed by atoms with E-state index in [2.05, 4.69) is 5.32 Å². The maximum atomic E-state index is 12.3. The van der Waals surface area contributed by atoms with Gasteiger partial charge in [-0.05, 0) is 54.5 Å². The lowest BCUT2D eigenvalue weighted by Gasteiger charge is -2.37. The van der Waals surface area contributed by atoms with Crippen LogP contribution in [0.1, 0.15) is 54.9 Å². The van der Waals surface area contributed by atoms with Gasteiger partial charge < -0.3 is 15.0 Å². The van der Waals surface area contributed by atoms with Gasteiger partial charge in [-0.15, -0.1) is 0 Å². The Hall–Kier alpha value is -0.620. The number of nitrogens with zero attached hydrogens (tertiary/aromatic N) is 1. The molecule has 132 valence electrons. The molecule has 0 aromatic rings. The molecule has 0 aliphatic carbocycles. The van der Waals surface area contributed by atoms with E-state index in [1.807, 2.05) is 48.5 Å². The summed E-state index contributed by atoms with van der Waals surface area (Å²) in [5, 5.41) is 3.50. The largest absolute Gasteiger partial charge is 0.444 e. The molecule has 5 nitrogen and oxygen atoms in total. The summed E-state index contributed by atoms with van der Waals surface area (Å²) < 4.78 is 16.8. The van der Waals surface area contributed by atoms with E-state index in [-0.39, 0.29) is 16.9 Å². The van der Waals surface area contributed by atoms with Gasteiger partial charge in [0.05, 0.1) is 0 Å². The van der Waals surface area contributed by atoms with Crippen molar-refractivity contribution in [3.05, 3.63) is 0 Å². The van der Waals surface area contributed by atoms with Gasteiger partial charge in [0.25, 0.3) is 0 Å². The summed E-state index contributed by atoms with van der Waals surface area (Å²) in [5.41, 5.74) is -0.781. The summed E-state index contributed by atoms with van der Waals surface area (Å²) in [5.74, 6) is 0. The second-order valence-electron chi connectivity index (χ2n) is 7.65. The van der Waals surface area contributed by atoms with Crippen molar-refractivity contribution in [2.24, 2.45) is 0 Å². The fourth-order valence-corrected chi connectivity index (χ4v) is 2.25. The molecule has 0 saturated carbocycles. The minimum absolute atomic E-state index is 0.192. The third kappa shape index (κ3) is 9.41. The summed E-state index contributed by atoms with van der Waals surface area (Å²) >= 11 is 0. The zero-order valence-electron chi connectivity index (χ0n) is 15.5. The molecule has 0 radical (unpaired) electrons. The molecule has 0 heterocycles. The van der Waals surface area contributed by atoms with E-state index >= 15 is 0 Å². The first kappa shape index (κ1) is 21.4. The number of nitrogens with one attached hydrogen (secondary N) is 1. The van der Waals surface area contributed by atoms with Crippen molar-refractivity contribution in [2.75, 3.05) is 25.9 Å². The Labute approximate surface area is 138 Å². The third-order valence-electron chi connectivity index (χ3n) is 3.23. The number of amides is 1. The van der Waals surface area contributed by atoms with E-state index in [9.17, 15) is 9.00 Å². The van der Waals surface area contributed by atoms with E-state index in [0.29, 0.717) is 13.1 Å². The Balaban J connectivity index is 4.34. The van der Waals surface area contributed by atoms with Gasteiger partial charge in [-0.1, -0.05) is 6.92 Å². The van der Waals surface area contributed by atoms with Gasteiger partial charge in [0.1, 0.15) is 5.60 Å². The number of carbonyl (C=O) groups is 1. The summed E-state index contributed by atoms with van der Waals surface area (Å²) in [6, 6.07) is 0. The van der Waals surface area contributed by atoms with Crippen LogP contribution in [-0.2, 0) is 15.5 Å². The highest BCUT2D eigenvalue weighted by Crippen LogP contribution is 2.17. The van der Waals surface area contributed by atoms with Gasteiger partial charge in [-0.25, -0.2) is 4.79 Å². The molecule has 1 N–H and O–H groups in total. The lowest BCUT2D eigenvalue weighted by atomic mass is 10.1. The Bertz CT molecular complexity index is 373. The summed E-state index contributed by atoms with van der Waals surface area (Å²) in [6.45, 7) is 15.7. The summed E-state index contributed by atoms with van der Waals surface area (Å²) in [7, 11) is -0.782. The van der Waals surface area contributed by atoms with Crippen molar-refractivity contribution in [1.82, 2.24) is 10.2 Å². The minimum Gasteiger partial charge on any atom is -0.444 e. The number of rotatable bonds is 7. The standard InChI is InChI=1S/C16H34N2O3S/c1-13(22(8)20)9-10-17-11-12-18(15(2,3)4)14(19)21-16(5,6)7/h13,17H,9-12H2,1-8H3. The number of hydrogen-bond acceptors (Lipinski definition) is 4. The number of ether oxygens (including phenoxy) is 1. The molecule has 22 heavy (non-hydrogen) atoms. The highest BCUT2D eigenvalue weighted by molar-refractivity contribution is 7.84. The normalized spacial score (nSPS) is 15.3. The van der Waals surface area contributed by atoms with Gasteiger partial charge in [-0.3, -0.25) is 4.21 Å². The maximum Gasteiger partial charge on any atom is 0.410 e. The molecule has 2 unspecified atom stereocenters. The van der Waals surface area contributed by atoms with Crippen LogP contribution in [0.2, 0.25) is 0 Å². The molecule has 6 heteroatoms. The Morgan fingerprint density at radius 1 is 1.18 bits per heavy atom. The van der Waals surface area contributed by atoms with E-state index in [4.69, 9.17) is 4.74 Å². The topological polar surface area (TPSA) is 58.6 Å². The van der Waals surface area contributed by atoms with Crippen molar-refractivity contribution in [2.45, 2.75) is 71.3 Å². The molecule has 0 saturated heterocycles. The molecule has 1 amide bonds. The second-order valence-corrected chi connectivity index (χ2v) is 9.45. The fourth-order valence-electron chi connectivity index (χ4n) is 1.80. The van der Waals surface area contributed by atoms with E-state index in [1.165, 1.54) is 0 Å². The molecule has 0 aliphatic rings. The lowest BCUT2D eigenvalue weighted by Crippen LogP contribution is -2.50. The van der Waals surface area contributed by atoms with Crippen LogP contribution in [0.25, 0.3) is 0 Å². The minimum atomic E-state index is -0.782. The molecular formula is C16H34N2O3S. The SMILES string of the molecule is CC(CCNCCN(C(=O)OC(C)(C)C)C(C)(C)C)S(C)=O. The molecule has 2 atom stereocenters. The Morgan fingerprint density at radius 3 is 2.14 bits per heavy atom. The highest BCUT2D eigenvalue weighted by atomic mass is 32.2. The van der Waals surface area contributed by atoms with Gasteiger partial charge in [0, 0.05) is 40.9 Å². The van der Waals surface area contributed by atoms with E-state index in [1.54, 1.807) is 11.2 Å². The fraction of sp³-hybridized carbons (Fsp3) is 0.938. The van der Waals surface area contributed by atoms with Gasteiger partial charge >= 0.3 is 6.09 Å². The van der Waals surface area contributed by atoms with Crippen molar-refractivity contribution < 1.29 is 13.7 Å². The Morgan fingerprint density at radius 2 is 1.73 bits per heavy atom. The summed E-state index contributed by atoms with van der Waals surface area (Å²) in [6.07, 6.45) is 2.31. The van der Waals surface area contributed by atoms with Crippen LogP contribution in [0.15, 0.2) is 0 Å². The van der Waals surface area contributed by atoms with Crippen molar-refractivity contribution in [1.29, 1.82) is 0 Å². The molecule has 0 aromatic carbocycles. The van der Waals surface area contributed by atoms with Crippen molar-refractivity contribution >= 4 is 16.9 Å². The quantitative estimate of drug-likeness (QED) is 0.727. The molecule has 0 rings (SSSR count). The third-order valence-corrected chi connectivity index (χ3v) is 4.60. The molecular weight excluding hydrogens is 300 g/mol. The molecule has 0 aliphatic heterocycles. The first-order chi connectivity index (χ1) is 9.84. The molecule has 0 bridgehead atoms. The van der Waals surface area contributed by atoms with Crippen LogP contribution in [-0.4, -0.2) is 57.5 Å². The molecule has 0 fully saturated rings. The first-order valence-electron chi connectivity index (χ1n) is 7.88. The van der Waals surface area contributed by atoms with Crippen molar-refractivity contribution in [3.63, 3.8) is 0 Å². The summed E-state index contributed by atoms with van der Waals surface area (Å²) in [4.78, 5) is 14.0. The molecule has 0 aromatic heterocycles. The highest BCUT2D eigenvalue weighted by Gasteiger charge is 2.30. The van der Waals surface area contributed by atoms with Crippen LogP contribution in [0.3, 0.4) is 0 Å². The van der Waals surface area contributed by atoms with Crippen LogP contribution in [0.5, 0.6) is 0 Å². The van der Waals surface area contributed by atoms with E-state index < -0.39 is 16.4 Å². The average molecular weight is 335 g/mol. The van der Waals surface area contributed by atoms with Crippen LogP contribution in [0.4, 0.5) is 4.79 Å². The number of hydrogen-bond donors (Lipinski definition) is 1. The average Bonchev–Trinajstić information content (AvgIpc) is 2.28. The zero-order valence-corrected chi connectivity index (χ0v) is 16.3. The second kappa shape index (κ2) is 8.87. The first-order valence-corrected chi connectivity index (χ1v) is 9.50. The van der Waals surface area contributed by atoms with Crippen LogP contribution >= 0.6 is 0 Å². The van der Waals surface area contributed by atoms with Crippen LogP contribution < -0.4 is 5.32 Å². The smallest absolute Gasteiger partial charge is 0.410 e. The number of carbonyl (C=O) groups excluding carboxylic acids is 1. The predicted octanol–water partition coefficient (Wildman–Crippen LogP) is 2.77. The van der Waals surface area contributed by atoms with Crippen molar-refractivity contribution in [3.8, 4) is 0 Å². The van der Waals surface area contributed by atoms with Gasteiger partial charge in [0.2, 0.25) is 0 Å². The molecule has 0 spiro atoms. The van der Waals surface area contributed by atoms with Gasteiger partial charge in [-0.2, -0.15) is 0 Å². The van der Waals surface area contributed by atoms with Crippen LogP contribution in [0, 0.1) is 0 Å². The predicted molar refractivity (Wildman–Crippen MR) is 93.7 cm³/mol. The Kier molecular flexibility index (Phi) is 8.62. The monoisotopic (exact) mass is 334 g/mol.